The van der Waals surface area contributed by atoms with E-state index >= 15 is 0 Å². The Hall–Kier alpha value is -3.36. The molecule has 130 valence electrons. The molecule has 1 unspecified atom stereocenters. The molecule has 2 aliphatic rings. The van der Waals surface area contributed by atoms with Gasteiger partial charge in [-0.15, -0.1) is 0 Å². The number of aliphatic imine (C=N–C) groups is 2. The molecule has 0 N–H and O–H groups in total. The Kier molecular flexibility index (Phi) is 3.46. The predicted octanol–water partition coefficient (Wildman–Crippen LogP) is 3.29. The van der Waals surface area contributed by atoms with Crippen LogP contribution < -0.4 is 4.90 Å². The number of aromatic nitrogens is 1. The largest absolute Gasteiger partial charge is 0.400 e. The number of pyridine rings is 1. The highest BCUT2D eigenvalue weighted by molar-refractivity contribution is 6.39. The van der Waals surface area contributed by atoms with E-state index in [-0.39, 0.29) is 17.1 Å². The molecule has 0 spiro atoms. The number of rotatable bonds is 1. The van der Waals surface area contributed by atoms with E-state index in [0.29, 0.717) is 17.0 Å². The summed E-state index contributed by atoms with van der Waals surface area (Å²) >= 11 is 0. The maximum Gasteiger partial charge on any atom is 0.400 e. The molecule has 1 aromatic heterocycles. The molecule has 3 amide bonds. The quantitative estimate of drug-likeness (QED) is 0.785. The number of hydrogen-bond donors (Lipinski definition) is 0. The van der Waals surface area contributed by atoms with Crippen LogP contribution in [0.2, 0.25) is 0 Å². The zero-order chi connectivity index (χ0) is 18.5. The Labute approximate surface area is 144 Å². The van der Waals surface area contributed by atoms with Gasteiger partial charge in [0.1, 0.15) is 5.92 Å². The molecule has 2 aromatic rings. The van der Waals surface area contributed by atoms with Crippen molar-refractivity contribution in [2.45, 2.75) is 6.18 Å². The van der Waals surface area contributed by atoms with E-state index < -0.39 is 24.0 Å². The summed E-state index contributed by atoms with van der Waals surface area (Å²) in [5.74, 6) is -3.24. The summed E-state index contributed by atoms with van der Waals surface area (Å²) in [4.78, 5) is 37.0. The number of anilines is 1. The van der Waals surface area contributed by atoms with Crippen LogP contribution in [0, 0.1) is 5.92 Å². The molecule has 26 heavy (non-hydrogen) atoms. The van der Waals surface area contributed by atoms with Crippen LogP contribution in [0.5, 0.6) is 0 Å². The molecular formula is C17H9F3N4O2. The third-order valence-corrected chi connectivity index (χ3v) is 4.04. The number of imide groups is 1. The first-order valence-corrected chi connectivity index (χ1v) is 7.49. The summed E-state index contributed by atoms with van der Waals surface area (Å²) in [6.07, 6.45) is -0.386. The summed E-state index contributed by atoms with van der Waals surface area (Å²) in [6.45, 7) is 0. The van der Waals surface area contributed by atoms with Crippen molar-refractivity contribution in [2.24, 2.45) is 15.9 Å². The second-order valence-electron chi connectivity index (χ2n) is 5.66. The molecule has 3 heterocycles. The van der Waals surface area contributed by atoms with Crippen molar-refractivity contribution < 1.29 is 22.8 Å². The van der Waals surface area contributed by atoms with Gasteiger partial charge in [-0.25, -0.2) is 14.7 Å². The van der Waals surface area contributed by atoms with E-state index in [1.165, 1.54) is 6.20 Å². The molecule has 0 bridgehead atoms. The second kappa shape index (κ2) is 5.58. The Balaban J connectivity index is 1.85. The number of benzene rings is 1. The van der Waals surface area contributed by atoms with Gasteiger partial charge in [0.2, 0.25) is 0 Å². The lowest BCUT2D eigenvalue weighted by Crippen LogP contribution is -2.44. The Morgan fingerprint density at radius 3 is 2.62 bits per heavy atom. The number of hydrogen-bond acceptors (Lipinski definition) is 4. The fourth-order valence-electron chi connectivity index (χ4n) is 2.79. The van der Waals surface area contributed by atoms with Crippen LogP contribution in [0.4, 0.5) is 23.7 Å². The zero-order valence-corrected chi connectivity index (χ0v) is 12.9. The zero-order valence-electron chi connectivity index (χ0n) is 12.9. The SMILES string of the molecule is O=C1N=C2N=CC(C(F)(F)F)C=C2C(=O)N1c1cncc2ccccc12. The highest BCUT2D eigenvalue weighted by Gasteiger charge is 2.43. The minimum Gasteiger partial charge on any atom is -0.268 e. The lowest BCUT2D eigenvalue weighted by atomic mass is 10.00. The smallest absolute Gasteiger partial charge is 0.268 e. The van der Waals surface area contributed by atoms with Crippen molar-refractivity contribution in [2.75, 3.05) is 4.90 Å². The van der Waals surface area contributed by atoms with Crippen LogP contribution >= 0.6 is 0 Å². The number of alkyl halides is 3. The summed E-state index contributed by atoms with van der Waals surface area (Å²) in [7, 11) is 0. The van der Waals surface area contributed by atoms with Gasteiger partial charge in [-0.1, -0.05) is 30.3 Å². The summed E-state index contributed by atoms with van der Waals surface area (Å²) in [5.41, 5.74) is -0.206. The molecule has 1 atom stereocenters. The Bertz CT molecular complexity index is 1030. The van der Waals surface area contributed by atoms with Crippen molar-refractivity contribution in [3.63, 3.8) is 0 Å². The molecule has 0 aliphatic carbocycles. The fourth-order valence-corrected chi connectivity index (χ4v) is 2.79. The van der Waals surface area contributed by atoms with Crippen LogP contribution in [-0.2, 0) is 4.79 Å². The monoisotopic (exact) mass is 358 g/mol. The summed E-state index contributed by atoms with van der Waals surface area (Å²) < 4.78 is 38.9. The van der Waals surface area contributed by atoms with E-state index in [1.807, 2.05) is 0 Å². The molecular weight excluding hydrogens is 349 g/mol. The van der Waals surface area contributed by atoms with Crippen molar-refractivity contribution in [3.05, 3.63) is 48.3 Å². The molecule has 6 nitrogen and oxygen atoms in total. The van der Waals surface area contributed by atoms with Gasteiger partial charge >= 0.3 is 12.2 Å². The highest BCUT2D eigenvalue weighted by atomic mass is 19.4. The molecule has 9 heteroatoms. The van der Waals surface area contributed by atoms with Crippen LogP contribution in [0.25, 0.3) is 10.8 Å². The number of carbonyl (C=O) groups is 2. The van der Waals surface area contributed by atoms with Crippen LogP contribution in [0.1, 0.15) is 0 Å². The third-order valence-electron chi connectivity index (χ3n) is 4.04. The van der Waals surface area contributed by atoms with Crippen LogP contribution in [0.15, 0.2) is 58.3 Å². The average molecular weight is 358 g/mol. The standard InChI is InChI=1S/C17H9F3N4O2/c18-17(19,20)10-5-12-14(22-7-10)23-16(26)24(15(12)25)13-8-21-6-9-3-1-2-4-11(9)13/h1-8,10H. The molecule has 0 radical (unpaired) electrons. The Morgan fingerprint density at radius 2 is 1.85 bits per heavy atom. The molecule has 2 aliphatic heterocycles. The lowest BCUT2D eigenvalue weighted by Gasteiger charge is -2.27. The van der Waals surface area contributed by atoms with E-state index in [1.54, 1.807) is 30.5 Å². The first-order valence-electron chi connectivity index (χ1n) is 7.49. The number of dihydropyridines is 1. The summed E-state index contributed by atoms with van der Waals surface area (Å²) in [5, 5.41) is 1.22. The van der Waals surface area contributed by atoms with Gasteiger partial charge in [-0.05, 0) is 0 Å². The normalized spacial score (nSPS) is 20.1. The van der Waals surface area contributed by atoms with E-state index in [2.05, 4.69) is 15.0 Å². The number of amidine groups is 1. The number of allylic oxidation sites excluding steroid dienone is 1. The van der Waals surface area contributed by atoms with E-state index in [9.17, 15) is 22.8 Å². The number of fused-ring (bicyclic) bond motifs is 2. The minimum absolute atomic E-state index is 0.153. The first kappa shape index (κ1) is 16.1. The van der Waals surface area contributed by atoms with Crippen LogP contribution in [0.3, 0.4) is 0 Å². The van der Waals surface area contributed by atoms with Crippen molar-refractivity contribution >= 4 is 40.4 Å². The lowest BCUT2D eigenvalue weighted by molar-refractivity contribution is -0.142. The topological polar surface area (TPSA) is 75.0 Å². The van der Waals surface area contributed by atoms with Gasteiger partial charge < -0.3 is 0 Å². The Morgan fingerprint density at radius 1 is 1.08 bits per heavy atom. The number of urea groups is 1. The molecule has 0 fully saturated rings. The predicted molar refractivity (Wildman–Crippen MR) is 88.2 cm³/mol. The van der Waals surface area contributed by atoms with Gasteiger partial charge in [-0.3, -0.25) is 9.78 Å². The van der Waals surface area contributed by atoms with Gasteiger partial charge in [0.15, 0.2) is 5.84 Å². The maximum atomic E-state index is 13.0. The van der Waals surface area contributed by atoms with Crippen molar-refractivity contribution in [1.29, 1.82) is 0 Å². The number of amides is 3. The molecule has 4 rings (SSSR count). The number of halogens is 3. The highest BCUT2D eigenvalue weighted by Crippen LogP contribution is 2.33. The maximum absolute atomic E-state index is 13.0. The average Bonchev–Trinajstić information content (AvgIpc) is 2.61. The van der Waals surface area contributed by atoms with Gasteiger partial charge in [-0.2, -0.15) is 18.2 Å². The fraction of sp³-hybridized carbons (Fsp3) is 0.118. The summed E-state index contributed by atoms with van der Waals surface area (Å²) in [6, 6.07) is 5.96. The van der Waals surface area contributed by atoms with Gasteiger partial charge in [0.05, 0.1) is 17.5 Å². The van der Waals surface area contributed by atoms with Crippen molar-refractivity contribution in [1.82, 2.24) is 4.98 Å². The molecule has 0 saturated heterocycles. The van der Waals surface area contributed by atoms with Crippen LogP contribution in [-0.4, -0.2) is 35.1 Å². The molecule has 1 aromatic carbocycles. The van der Waals surface area contributed by atoms with E-state index in [4.69, 9.17) is 0 Å². The van der Waals surface area contributed by atoms with E-state index in [0.717, 1.165) is 11.0 Å². The third kappa shape index (κ3) is 2.48. The molecule has 0 saturated carbocycles. The van der Waals surface area contributed by atoms with Gasteiger partial charge in [0, 0.05) is 23.2 Å². The first-order chi connectivity index (χ1) is 12.4. The number of carbonyl (C=O) groups excluding carboxylic acids is 2. The number of nitrogens with zero attached hydrogens (tertiary/aromatic N) is 4. The second-order valence-corrected chi connectivity index (χ2v) is 5.66. The van der Waals surface area contributed by atoms with Gasteiger partial charge in [0.25, 0.3) is 5.91 Å². The minimum atomic E-state index is -4.59. The van der Waals surface area contributed by atoms with Crippen molar-refractivity contribution in [3.8, 4) is 0 Å².